The molecule has 19 heavy (non-hydrogen) atoms. The van der Waals surface area contributed by atoms with Crippen molar-refractivity contribution < 1.29 is 13.9 Å². The predicted octanol–water partition coefficient (Wildman–Crippen LogP) is 2.91. The molecule has 5 nitrogen and oxygen atoms in total. The van der Waals surface area contributed by atoms with Crippen LogP contribution in [0.2, 0.25) is 0 Å². The maximum absolute atomic E-state index is 14.4. The molecule has 0 N–H and O–H groups in total. The number of cyclic esters (lactones) is 1. The number of amides is 1. The third kappa shape index (κ3) is 1.90. The summed E-state index contributed by atoms with van der Waals surface area (Å²) < 4.78 is 21.2. The molecule has 0 unspecified atom stereocenters. The number of ether oxygens (including phenoxy) is 1. The Bertz CT molecular complexity index is 710. The Balaban J connectivity index is 2.11. The molecule has 0 radical (unpaired) electrons. The first kappa shape index (κ1) is 12.2. The molecule has 0 spiro atoms. The van der Waals surface area contributed by atoms with Crippen molar-refractivity contribution in [2.75, 3.05) is 11.4 Å². The summed E-state index contributed by atoms with van der Waals surface area (Å²) in [4.78, 5) is 13.0. The van der Waals surface area contributed by atoms with Gasteiger partial charge in [0.05, 0.1) is 29.3 Å². The monoisotopic (exact) mass is 325 g/mol. The van der Waals surface area contributed by atoms with Gasteiger partial charge in [0.15, 0.2) is 10.5 Å². The van der Waals surface area contributed by atoms with E-state index in [0.29, 0.717) is 15.6 Å². The van der Waals surface area contributed by atoms with Gasteiger partial charge in [-0.2, -0.15) is 5.10 Å². The third-order valence-corrected chi connectivity index (χ3v) is 3.46. The number of nitrogens with zero attached hydrogens (tertiary/aromatic N) is 3. The molecule has 0 bridgehead atoms. The lowest BCUT2D eigenvalue weighted by Crippen LogP contribution is -2.34. The third-order valence-electron chi connectivity index (χ3n) is 2.98. The van der Waals surface area contributed by atoms with Crippen molar-refractivity contribution >= 4 is 38.6 Å². The first-order valence-corrected chi connectivity index (χ1v) is 6.32. The zero-order valence-corrected chi connectivity index (χ0v) is 11.5. The molecule has 0 fully saturated rings. The molecular weight excluding hydrogens is 317 g/mol. The molecule has 98 valence electrons. The number of fused-ring (bicyclic) bond motifs is 1. The molecule has 1 aliphatic rings. The molecule has 1 aromatic carbocycles. The standard InChI is InChI=1S/C12H9BrFN3O2/c1-16-8-2-3-9(11(14)7(8)6-15-16)17-5-4-10(13)19-12(17)18/h2-4,6H,5H2,1H3. The number of carbonyl (C=O) groups excluding carboxylic acids is 1. The lowest BCUT2D eigenvalue weighted by atomic mass is 10.2. The van der Waals surface area contributed by atoms with Gasteiger partial charge in [-0.25, -0.2) is 9.18 Å². The van der Waals surface area contributed by atoms with Crippen molar-refractivity contribution in [3.05, 3.63) is 34.9 Å². The minimum Gasteiger partial charge on any atom is -0.403 e. The van der Waals surface area contributed by atoms with E-state index in [0.717, 1.165) is 0 Å². The number of anilines is 1. The topological polar surface area (TPSA) is 47.4 Å². The molecule has 1 aliphatic heterocycles. The second kappa shape index (κ2) is 4.34. The highest BCUT2D eigenvalue weighted by molar-refractivity contribution is 9.11. The quantitative estimate of drug-likeness (QED) is 0.810. The Kier molecular flexibility index (Phi) is 2.78. The Morgan fingerprint density at radius 1 is 1.47 bits per heavy atom. The van der Waals surface area contributed by atoms with Crippen LogP contribution < -0.4 is 4.90 Å². The van der Waals surface area contributed by atoms with Gasteiger partial charge in [-0.15, -0.1) is 0 Å². The van der Waals surface area contributed by atoms with Crippen LogP contribution in [0.25, 0.3) is 10.9 Å². The van der Waals surface area contributed by atoms with Crippen LogP contribution >= 0.6 is 15.9 Å². The molecule has 1 amide bonds. The first-order valence-electron chi connectivity index (χ1n) is 5.53. The Morgan fingerprint density at radius 2 is 2.26 bits per heavy atom. The van der Waals surface area contributed by atoms with E-state index in [-0.39, 0.29) is 12.2 Å². The minimum absolute atomic E-state index is 0.182. The summed E-state index contributed by atoms with van der Waals surface area (Å²) >= 11 is 3.07. The summed E-state index contributed by atoms with van der Waals surface area (Å²) in [6, 6.07) is 3.27. The van der Waals surface area contributed by atoms with Gasteiger partial charge >= 0.3 is 6.09 Å². The fourth-order valence-electron chi connectivity index (χ4n) is 2.01. The molecule has 2 aromatic rings. The van der Waals surface area contributed by atoms with Gasteiger partial charge in [0, 0.05) is 7.05 Å². The van der Waals surface area contributed by atoms with Crippen molar-refractivity contribution in [1.29, 1.82) is 0 Å². The summed E-state index contributed by atoms with van der Waals surface area (Å²) in [7, 11) is 1.73. The molecule has 0 saturated heterocycles. The number of halogens is 2. The fraction of sp³-hybridized carbons (Fsp3) is 0.167. The minimum atomic E-state index is -0.614. The van der Waals surface area contributed by atoms with E-state index in [1.165, 1.54) is 11.1 Å². The van der Waals surface area contributed by atoms with Gasteiger partial charge < -0.3 is 4.74 Å². The second-order valence-corrected chi connectivity index (χ2v) is 4.87. The average Bonchev–Trinajstić information content (AvgIpc) is 2.74. The van der Waals surface area contributed by atoms with Crippen LogP contribution in [0.3, 0.4) is 0 Å². The van der Waals surface area contributed by atoms with Gasteiger partial charge in [-0.05, 0) is 34.1 Å². The van der Waals surface area contributed by atoms with Gasteiger partial charge in [-0.1, -0.05) is 0 Å². The van der Waals surface area contributed by atoms with E-state index in [1.54, 1.807) is 29.9 Å². The lowest BCUT2D eigenvalue weighted by molar-refractivity contribution is 0.188. The van der Waals surface area contributed by atoms with E-state index in [4.69, 9.17) is 4.74 Å². The largest absolute Gasteiger partial charge is 0.420 e. The predicted molar refractivity (Wildman–Crippen MR) is 71.5 cm³/mol. The number of aromatic nitrogens is 2. The van der Waals surface area contributed by atoms with Crippen LogP contribution in [-0.4, -0.2) is 22.4 Å². The van der Waals surface area contributed by atoms with Crippen LogP contribution in [0.4, 0.5) is 14.9 Å². The summed E-state index contributed by atoms with van der Waals surface area (Å²) in [6.45, 7) is 0.252. The van der Waals surface area contributed by atoms with Gasteiger partial charge in [0.25, 0.3) is 0 Å². The second-order valence-electron chi connectivity index (χ2n) is 4.09. The molecular formula is C12H9BrFN3O2. The van der Waals surface area contributed by atoms with Crippen molar-refractivity contribution in [2.24, 2.45) is 7.05 Å². The van der Waals surface area contributed by atoms with E-state index < -0.39 is 11.9 Å². The molecule has 3 rings (SSSR count). The first-order chi connectivity index (χ1) is 9.08. The molecule has 1 aromatic heterocycles. The molecule has 0 atom stereocenters. The number of rotatable bonds is 1. The maximum atomic E-state index is 14.4. The van der Waals surface area contributed by atoms with Crippen LogP contribution in [0, 0.1) is 5.82 Å². The summed E-state index contributed by atoms with van der Waals surface area (Å²) in [5.41, 5.74) is 0.852. The highest BCUT2D eigenvalue weighted by atomic mass is 79.9. The van der Waals surface area contributed by atoms with Crippen molar-refractivity contribution in [1.82, 2.24) is 9.78 Å². The smallest absolute Gasteiger partial charge is 0.403 e. The molecule has 7 heteroatoms. The van der Waals surface area contributed by atoms with Crippen LogP contribution in [-0.2, 0) is 11.8 Å². The van der Waals surface area contributed by atoms with Gasteiger partial charge in [-0.3, -0.25) is 9.58 Å². The number of hydrogen-bond acceptors (Lipinski definition) is 3. The van der Waals surface area contributed by atoms with Crippen LogP contribution in [0.15, 0.2) is 29.1 Å². The number of aryl methyl sites for hydroxylation is 1. The molecule has 0 aliphatic carbocycles. The Labute approximate surface area is 116 Å². The number of benzene rings is 1. The Hall–Kier alpha value is -1.89. The lowest BCUT2D eigenvalue weighted by Gasteiger charge is -2.24. The summed E-state index contributed by atoms with van der Waals surface area (Å²) in [6.07, 6.45) is 2.47. The van der Waals surface area contributed by atoms with Crippen molar-refractivity contribution in [3.8, 4) is 0 Å². The molecule has 0 saturated carbocycles. The number of carbonyl (C=O) groups is 1. The van der Waals surface area contributed by atoms with E-state index in [2.05, 4.69) is 21.0 Å². The van der Waals surface area contributed by atoms with E-state index >= 15 is 0 Å². The SMILES string of the molecule is Cn1ncc2c(F)c(N3CC=C(Br)OC3=O)ccc21. The normalized spacial score (nSPS) is 15.6. The zero-order valence-electron chi connectivity index (χ0n) is 9.93. The molecule has 2 heterocycles. The zero-order chi connectivity index (χ0) is 13.6. The highest BCUT2D eigenvalue weighted by Gasteiger charge is 2.25. The van der Waals surface area contributed by atoms with Crippen molar-refractivity contribution in [2.45, 2.75) is 0 Å². The van der Waals surface area contributed by atoms with Gasteiger partial charge in [0.1, 0.15) is 0 Å². The fourth-order valence-corrected chi connectivity index (χ4v) is 2.29. The highest BCUT2D eigenvalue weighted by Crippen LogP contribution is 2.29. The van der Waals surface area contributed by atoms with E-state index in [1.807, 2.05) is 0 Å². The van der Waals surface area contributed by atoms with Crippen LogP contribution in [0.5, 0.6) is 0 Å². The van der Waals surface area contributed by atoms with E-state index in [9.17, 15) is 9.18 Å². The Morgan fingerprint density at radius 3 is 3.00 bits per heavy atom. The van der Waals surface area contributed by atoms with Gasteiger partial charge in [0.2, 0.25) is 0 Å². The summed E-state index contributed by atoms with van der Waals surface area (Å²) in [5, 5.41) is 4.37. The maximum Gasteiger partial charge on any atom is 0.420 e. The van der Waals surface area contributed by atoms with Crippen molar-refractivity contribution in [3.63, 3.8) is 0 Å². The summed E-state index contributed by atoms with van der Waals surface area (Å²) in [5.74, 6) is -0.478. The average molecular weight is 326 g/mol. The number of hydrogen-bond donors (Lipinski definition) is 0. The van der Waals surface area contributed by atoms with Crippen LogP contribution in [0.1, 0.15) is 0 Å².